The molecule has 0 radical (unpaired) electrons. The lowest BCUT2D eigenvalue weighted by Crippen LogP contribution is -2.29. The topological polar surface area (TPSA) is 81.5 Å². The highest BCUT2D eigenvalue weighted by molar-refractivity contribution is 5.67. The molecule has 1 atom stereocenters. The number of carbonyl (C=O) groups is 1. The van der Waals surface area contributed by atoms with Crippen molar-refractivity contribution in [1.82, 2.24) is 5.32 Å². The van der Waals surface area contributed by atoms with Gasteiger partial charge in [-0.3, -0.25) is 10.1 Å². The van der Waals surface area contributed by atoms with Gasteiger partial charge in [-0.05, 0) is 11.1 Å². The van der Waals surface area contributed by atoms with Crippen LogP contribution in [-0.4, -0.2) is 17.1 Å². The van der Waals surface area contributed by atoms with E-state index in [2.05, 4.69) is 11.9 Å². The van der Waals surface area contributed by atoms with Crippen LogP contribution in [0.2, 0.25) is 0 Å². The molecule has 25 heavy (non-hydrogen) atoms. The lowest BCUT2D eigenvalue weighted by molar-refractivity contribution is -0.384. The maximum absolute atomic E-state index is 12.0. The molecule has 1 amide bonds. The van der Waals surface area contributed by atoms with Crippen LogP contribution in [0.25, 0.3) is 0 Å². The zero-order valence-electron chi connectivity index (χ0n) is 13.8. The first-order chi connectivity index (χ1) is 12.1. The maximum atomic E-state index is 12.0. The standard InChI is InChI=1S/C19H20N2O4/c1-2-6-18(13-15-9-11-17(12-10-15)21(23)24)25-19(22)20-14-16-7-4-3-5-8-16/h2-5,7-12,18H,1,6,13-14H2,(H,20,22). The van der Waals surface area contributed by atoms with Gasteiger partial charge in [0.2, 0.25) is 0 Å². The summed E-state index contributed by atoms with van der Waals surface area (Å²) < 4.78 is 5.44. The van der Waals surface area contributed by atoms with Crippen molar-refractivity contribution in [2.45, 2.75) is 25.5 Å². The molecular formula is C19H20N2O4. The van der Waals surface area contributed by atoms with Gasteiger partial charge in [-0.25, -0.2) is 4.79 Å². The Morgan fingerprint density at radius 1 is 1.16 bits per heavy atom. The van der Waals surface area contributed by atoms with E-state index in [1.54, 1.807) is 18.2 Å². The molecule has 0 bridgehead atoms. The molecule has 6 nitrogen and oxygen atoms in total. The second-order valence-corrected chi connectivity index (χ2v) is 5.52. The first-order valence-corrected chi connectivity index (χ1v) is 7.91. The molecule has 0 fully saturated rings. The number of nitro groups is 1. The molecule has 0 aliphatic rings. The van der Waals surface area contributed by atoms with Crippen molar-refractivity contribution in [2.75, 3.05) is 0 Å². The Morgan fingerprint density at radius 2 is 1.84 bits per heavy atom. The summed E-state index contributed by atoms with van der Waals surface area (Å²) in [4.78, 5) is 22.2. The number of alkyl carbamates (subject to hydrolysis) is 1. The molecule has 0 saturated heterocycles. The molecule has 0 aliphatic carbocycles. The number of nitrogens with one attached hydrogen (secondary N) is 1. The molecule has 2 aromatic carbocycles. The van der Waals surface area contributed by atoms with Crippen LogP contribution in [0.3, 0.4) is 0 Å². The van der Waals surface area contributed by atoms with Crippen LogP contribution in [0.1, 0.15) is 17.5 Å². The quantitative estimate of drug-likeness (QED) is 0.447. The fourth-order valence-corrected chi connectivity index (χ4v) is 2.34. The lowest BCUT2D eigenvalue weighted by atomic mass is 10.1. The molecule has 0 aliphatic heterocycles. The highest BCUT2D eigenvalue weighted by Crippen LogP contribution is 2.15. The Morgan fingerprint density at radius 3 is 2.44 bits per heavy atom. The molecular weight excluding hydrogens is 320 g/mol. The van der Waals surface area contributed by atoms with E-state index in [9.17, 15) is 14.9 Å². The highest BCUT2D eigenvalue weighted by Gasteiger charge is 2.15. The van der Waals surface area contributed by atoms with Crippen LogP contribution in [0.15, 0.2) is 67.3 Å². The zero-order chi connectivity index (χ0) is 18.1. The third-order valence-corrected chi connectivity index (χ3v) is 3.59. The predicted molar refractivity (Wildman–Crippen MR) is 95.2 cm³/mol. The smallest absolute Gasteiger partial charge is 0.407 e. The summed E-state index contributed by atoms with van der Waals surface area (Å²) in [5, 5.41) is 13.4. The van der Waals surface area contributed by atoms with Crippen molar-refractivity contribution in [2.24, 2.45) is 0 Å². The zero-order valence-corrected chi connectivity index (χ0v) is 13.8. The number of nitrogens with zero attached hydrogens (tertiary/aromatic N) is 1. The van der Waals surface area contributed by atoms with Gasteiger partial charge in [-0.15, -0.1) is 6.58 Å². The number of amides is 1. The van der Waals surface area contributed by atoms with Gasteiger partial charge in [0.05, 0.1) is 4.92 Å². The molecule has 1 unspecified atom stereocenters. The Hall–Kier alpha value is -3.15. The van der Waals surface area contributed by atoms with Crippen LogP contribution in [0.4, 0.5) is 10.5 Å². The van der Waals surface area contributed by atoms with Crippen molar-refractivity contribution in [3.05, 3.63) is 88.5 Å². The SMILES string of the molecule is C=CCC(Cc1ccc([N+](=O)[O-])cc1)OC(=O)NCc1ccccc1. The van der Waals surface area contributed by atoms with E-state index < -0.39 is 11.0 Å². The molecule has 0 saturated carbocycles. The highest BCUT2D eigenvalue weighted by atomic mass is 16.6. The van der Waals surface area contributed by atoms with E-state index in [1.165, 1.54) is 12.1 Å². The first kappa shape index (κ1) is 18.2. The Bertz CT molecular complexity index is 714. The molecule has 2 aromatic rings. The van der Waals surface area contributed by atoms with Gasteiger partial charge >= 0.3 is 6.09 Å². The second-order valence-electron chi connectivity index (χ2n) is 5.52. The molecule has 1 N–H and O–H groups in total. The number of non-ortho nitro benzene ring substituents is 1. The summed E-state index contributed by atoms with van der Waals surface area (Å²) in [6, 6.07) is 15.8. The number of hydrogen-bond donors (Lipinski definition) is 1. The first-order valence-electron chi connectivity index (χ1n) is 7.91. The van der Waals surface area contributed by atoms with E-state index in [-0.39, 0.29) is 11.8 Å². The second kappa shape index (κ2) is 9.22. The number of ether oxygens (including phenoxy) is 1. The summed E-state index contributed by atoms with van der Waals surface area (Å²) in [7, 11) is 0. The van der Waals surface area contributed by atoms with Crippen molar-refractivity contribution >= 4 is 11.8 Å². The minimum atomic E-state index is -0.502. The molecule has 0 spiro atoms. The minimum absolute atomic E-state index is 0.0329. The number of carbonyl (C=O) groups excluding carboxylic acids is 1. The molecule has 2 rings (SSSR count). The van der Waals surface area contributed by atoms with Gasteiger partial charge in [0, 0.05) is 31.5 Å². The Kier molecular flexibility index (Phi) is 6.71. The number of rotatable bonds is 8. The monoisotopic (exact) mass is 340 g/mol. The molecule has 0 heterocycles. The normalized spacial score (nSPS) is 11.4. The van der Waals surface area contributed by atoms with Gasteiger partial charge in [-0.2, -0.15) is 0 Å². The third kappa shape index (κ3) is 6.10. The average Bonchev–Trinajstić information content (AvgIpc) is 2.61. The van der Waals surface area contributed by atoms with E-state index >= 15 is 0 Å². The van der Waals surface area contributed by atoms with Crippen LogP contribution in [0.5, 0.6) is 0 Å². The Balaban J connectivity index is 1.89. The molecule has 0 aromatic heterocycles. The molecule has 6 heteroatoms. The van der Waals surface area contributed by atoms with Crippen molar-refractivity contribution in [3.63, 3.8) is 0 Å². The Labute approximate surface area is 146 Å². The van der Waals surface area contributed by atoms with E-state index in [1.807, 2.05) is 30.3 Å². The number of benzene rings is 2. The minimum Gasteiger partial charge on any atom is -0.446 e. The van der Waals surface area contributed by atoms with Crippen LogP contribution < -0.4 is 5.32 Å². The maximum Gasteiger partial charge on any atom is 0.407 e. The van der Waals surface area contributed by atoms with E-state index in [0.717, 1.165) is 11.1 Å². The average molecular weight is 340 g/mol. The molecule has 130 valence electrons. The van der Waals surface area contributed by atoms with Crippen LogP contribution in [0, 0.1) is 10.1 Å². The fraction of sp³-hybridized carbons (Fsp3) is 0.211. The van der Waals surface area contributed by atoms with Gasteiger partial charge in [0.15, 0.2) is 0 Å². The van der Waals surface area contributed by atoms with Crippen molar-refractivity contribution in [1.29, 1.82) is 0 Å². The van der Waals surface area contributed by atoms with Gasteiger partial charge < -0.3 is 10.1 Å². The van der Waals surface area contributed by atoms with Gasteiger partial charge in [0.1, 0.15) is 6.10 Å². The van der Waals surface area contributed by atoms with E-state index in [4.69, 9.17) is 4.74 Å². The largest absolute Gasteiger partial charge is 0.446 e. The van der Waals surface area contributed by atoms with Gasteiger partial charge in [-0.1, -0.05) is 48.5 Å². The predicted octanol–water partition coefficient (Wildman–Crippen LogP) is 4.01. The summed E-state index contributed by atoms with van der Waals surface area (Å²) in [6.07, 6.45) is 1.76. The summed E-state index contributed by atoms with van der Waals surface area (Å²) in [5.41, 5.74) is 1.87. The summed E-state index contributed by atoms with van der Waals surface area (Å²) in [6.45, 7) is 4.07. The fourth-order valence-electron chi connectivity index (χ4n) is 2.34. The summed E-state index contributed by atoms with van der Waals surface area (Å²) in [5.74, 6) is 0. The van der Waals surface area contributed by atoms with E-state index in [0.29, 0.717) is 19.4 Å². The van der Waals surface area contributed by atoms with Gasteiger partial charge in [0.25, 0.3) is 5.69 Å². The van der Waals surface area contributed by atoms with Crippen LogP contribution in [-0.2, 0) is 17.7 Å². The van der Waals surface area contributed by atoms with Crippen LogP contribution >= 0.6 is 0 Å². The number of hydrogen-bond acceptors (Lipinski definition) is 4. The number of nitro benzene ring substituents is 1. The lowest BCUT2D eigenvalue weighted by Gasteiger charge is -2.17. The van der Waals surface area contributed by atoms with Crippen molar-refractivity contribution < 1.29 is 14.5 Å². The van der Waals surface area contributed by atoms with Crippen molar-refractivity contribution in [3.8, 4) is 0 Å². The third-order valence-electron chi connectivity index (χ3n) is 3.59. The summed E-state index contributed by atoms with van der Waals surface area (Å²) >= 11 is 0.